The van der Waals surface area contributed by atoms with Crippen LogP contribution in [0, 0.1) is 10.7 Å². The zero-order valence-electron chi connectivity index (χ0n) is 37.1. The molecule has 3 aromatic heterocycles. The minimum absolute atomic E-state index is 0. The molecular weight excluding hydrogens is 972 g/mol. The molecular formula is C56H40CoN8S4. The van der Waals surface area contributed by atoms with E-state index in [4.69, 9.17) is 61.9 Å². The van der Waals surface area contributed by atoms with Gasteiger partial charge in [-0.15, -0.1) is 22.1 Å². The van der Waals surface area contributed by atoms with E-state index < -0.39 is 0 Å². The molecule has 5 heterocycles. The van der Waals surface area contributed by atoms with Crippen molar-refractivity contribution >= 4 is 110 Å². The molecule has 4 aromatic carbocycles. The van der Waals surface area contributed by atoms with Gasteiger partial charge in [-0.2, -0.15) is 5.26 Å². The molecule has 0 unspecified atom stereocenters. The van der Waals surface area contributed by atoms with Crippen LogP contribution < -0.4 is 9.97 Å². The maximum atomic E-state index is 9.14. The number of benzene rings is 4. The van der Waals surface area contributed by atoms with Crippen molar-refractivity contribution in [3.63, 3.8) is 0 Å². The third-order valence-electron chi connectivity index (χ3n) is 11.9. The van der Waals surface area contributed by atoms with Gasteiger partial charge in [-0.05, 0) is 165 Å². The predicted molar refractivity (Wildman–Crippen MR) is 291 cm³/mol. The summed E-state index contributed by atoms with van der Waals surface area (Å²) < 4.78 is 0. The quantitative estimate of drug-likeness (QED) is 0.0404. The number of hydrogen-bond donors (Lipinski definition) is 0. The summed E-state index contributed by atoms with van der Waals surface area (Å²) in [5, 5.41) is 18.7. The van der Waals surface area contributed by atoms with Gasteiger partial charge in [0.25, 0.3) is 0 Å². The number of nitrogens with zero attached hydrogens (tertiary/aromatic N) is 8. The summed E-state index contributed by atoms with van der Waals surface area (Å²) in [7, 11) is 0. The fraction of sp³-hybridized carbons (Fsp3) is 0.143. The zero-order chi connectivity index (χ0) is 46.7. The number of hydrogen-bond acceptors (Lipinski definition) is 10. The normalized spacial score (nSPS) is 11.2. The Morgan fingerprint density at radius 1 is 0.420 bits per heavy atom. The molecule has 7 aromatic rings. The molecule has 0 aliphatic carbocycles. The van der Waals surface area contributed by atoms with Crippen LogP contribution in [-0.2, 0) is 42.5 Å². The van der Waals surface area contributed by atoms with Crippen LogP contribution >= 0.6 is 48.4 Å². The van der Waals surface area contributed by atoms with Crippen LogP contribution in [0.5, 0.6) is 0 Å². The van der Waals surface area contributed by atoms with Crippen molar-refractivity contribution in [3.8, 4) is 49.9 Å². The maximum absolute atomic E-state index is 9.14. The second-order valence-electron chi connectivity index (χ2n) is 16.0. The topological polar surface area (TPSA) is 115 Å². The summed E-state index contributed by atoms with van der Waals surface area (Å²) in [6.07, 6.45) is 11.4. The summed E-state index contributed by atoms with van der Waals surface area (Å²) in [5.74, 6) is 0.723. The van der Waals surface area contributed by atoms with E-state index in [2.05, 4.69) is 181 Å². The van der Waals surface area contributed by atoms with Gasteiger partial charge in [-0.3, -0.25) is 0 Å². The molecule has 0 saturated carbocycles. The van der Waals surface area contributed by atoms with Gasteiger partial charge >= 0.3 is 16.8 Å². The van der Waals surface area contributed by atoms with Crippen molar-refractivity contribution in [2.75, 3.05) is 25.4 Å². The van der Waals surface area contributed by atoms with Crippen LogP contribution in [0.25, 0.3) is 90.9 Å². The summed E-state index contributed by atoms with van der Waals surface area (Å²) in [4.78, 5) is 34.2. The minimum atomic E-state index is 0. The SMILES string of the molecule is N#CSCCc1ccc(-c2c3nc(c(-c4ccc(CCN=C=S)cc4)c4ccc([n-]4)c(-c4ccc(CCN=C=S)cc4)c4nc(c(-c5ccc(CCN=C=S)cc5)c5ccc2[n-]5)C=C4)C=C3)cc1.[Co+2]. The van der Waals surface area contributed by atoms with Gasteiger partial charge in [0.1, 0.15) is 5.40 Å². The number of thioether (sulfide) groups is 1. The van der Waals surface area contributed by atoms with Crippen LogP contribution in [0.1, 0.15) is 45.0 Å². The van der Waals surface area contributed by atoms with E-state index in [0.717, 1.165) is 143 Å². The molecule has 8 nitrogen and oxygen atoms in total. The van der Waals surface area contributed by atoms with Crippen LogP contribution in [0.3, 0.4) is 0 Å². The molecule has 0 amide bonds. The number of nitriles is 1. The molecule has 0 saturated heterocycles. The Morgan fingerprint density at radius 2 is 0.696 bits per heavy atom. The molecule has 2 aliphatic heterocycles. The van der Waals surface area contributed by atoms with Gasteiger partial charge in [-0.1, -0.05) is 121 Å². The number of rotatable bonds is 16. The Kier molecular flexibility index (Phi) is 16.6. The Labute approximate surface area is 431 Å². The third-order valence-corrected chi connectivity index (χ3v) is 12.8. The van der Waals surface area contributed by atoms with E-state index in [1.54, 1.807) is 0 Å². The standard InChI is InChI=1S/C56H40N8S4.Co/c57-33-68-32-28-40-7-15-44(16-8-40)56-51-23-21-49(63-51)54(42-11-3-38(4-12-42)26-30-59-35-66)47-19-17-45(61-47)53(41-9-1-37(2-10-41)25-29-58-34-65)46-18-20-48(62-46)55(50-22-24-52(56)64-50)43-13-5-39(6-14-43)27-31-60-36-67;/h1-24H,25-32H2;/q-2;+2. The van der Waals surface area contributed by atoms with Crippen LogP contribution in [0.15, 0.2) is 136 Å². The monoisotopic (exact) mass is 1010 g/mol. The maximum Gasteiger partial charge on any atom is 2.00 e. The Bertz CT molecular complexity index is 3380. The molecule has 0 atom stereocenters. The molecule has 0 spiro atoms. The first-order valence-electron chi connectivity index (χ1n) is 22.1. The van der Waals surface area contributed by atoms with E-state index in [-0.39, 0.29) is 16.8 Å². The number of aromatic nitrogens is 4. The van der Waals surface area contributed by atoms with E-state index in [1.165, 1.54) is 11.8 Å². The van der Waals surface area contributed by atoms with Crippen molar-refractivity contribution in [3.05, 3.63) is 166 Å². The van der Waals surface area contributed by atoms with Crippen molar-refractivity contribution < 1.29 is 16.8 Å². The van der Waals surface area contributed by atoms with Gasteiger partial charge < -0.3 is 9.97 Å². The van der Waals surface area contributed by atoms with Crippen LogP contribution in [0.2, 0.25) is 0 Å². The number of aryl methyl sites for hydroxylation is 1. The number of fused-ring (bicyclic) bond motifs is 8. The summed E-state index contributed by atoms with van der Waals surface area (Å²) in [6.45, 7) is 1.73. The largest absolute Gasteiger partial charge is 2.00 e. The molecule has 13 heteroatoms. The zero-order valence-corrected chi connectivity index (χ0v) is 41.4. The Hall–Kier alpha value is -6.77. The number of thiocarbonyl (C=S) groups is 3. The van der Waals surface area contributed by atoms with Crippen molar-refractivity contribution in [1.82, 2.24) is 19.9 Å². The second-order valence-corrected chi connectivity index (χ2v) is 17.4. The number of thiocyanates is 1. The molecule has 2 aliphatic rings. The average Bonchev–Trinajstić information content (AvgIpc) is 4.23. The van der Waals surface area contributed by atoms with E-state index in [0.29, 0.717) is 19.6 Å². The third kappa shape index (κ3) is 11.4. The molecule has 0 fully saturated rings. The molecule has 0 N–H and O–H groups in total. The van der Waals surface area contributed by atoms with Gasteiger partial charge in [0.05, 0.1) is 57.9 Å². The van der Waals surface area contributed by atoms with Crippen molar-refractivity contribution in [1.29, 1.82) is 5.26 Å². The summed E-state index contributed by atoms with van der Waals surface area (Å²) in [6, 6.07) is 42.4. The summed E-state index contributed by atoms with van der Waals surface area (Å²) in [5.41, 5.74) is 18.4. The first kappa shape index (κ1) is 48.7. The fourth-order valence-electron chi connectivity index (χ4n) is 8.53. The number of aliphatic imine (C=N–C) groups is 3. The van der Waals surface area contributed by atoms with Crippen molar-refractivity contribution in [2.24, 2.45) is 15.0 Å². The summed E-state index contributed by atoms with van der Waals surface area (Å²) >= 11 is 15.7. The van der Waals surface area contributed by atoms with E-state index in [9.17, 15) is 0 Å². The minimum Gasteiger partial charge on any atom is -0.657 e. The molecule has 337 valence electrons. The first-order chi connectivity index (χ1) is 33.5. The molecule has 1 radical (unpaired) electrons. The fourth-order valence-corrected chi connectivity index (χ4v) is 9.23. The average molecular weight is 1010 g/mol. The Morgan fingerprint density at radius 3 is 0.957 bits per heavy atom. The smallest absolute Gasteiger partial charge is 0.657 e. The predicted octanol–water partition coefficient (Wildman–Crippen LogP) is 13.3. The van der Waals surface area contributed by atoms with Gasteiger partial charge in [0, 0.05) is 5.75 Å². The molecule has 8 bridgehead atoms. The van der Waals surface area contributed by atoms with E-state index >= 15 is 0 Å². The first-order valence-corrected chi connectivity index (χ1v) is 24.3. The van der Waals surface area contributed by atoms with Crippen LogP contribution in [0.4, 0.5) is 0 Å². The molecule has 9 rings (SSSR count). The van der Waals surface area contributed by atoms with Crippen LogP contribution in [-0.4, -0.2) is 50.8 Å². The second kappa shape index (κ2) is 23.5. The Balaban J connectivity index is 0.00000642. The van der Waals surface area contributed by atoms with Crippen molar-refractivity contribution in [2.45, 2.75) is 25.7 Å². The van der Waals surface area contributed by atoms with Gasteiger partial charge in [0.2, 0.25) is 0 Å². The van der Waals surface area contributed by atoms with Gasteiger partial charge in [0.15, 0.2) is 0 Å². The van der Waals surface area contributed by atoms with Gasteiger partial charge in [-0.25, -0.2) is 24.9 Å². The van der Waals surface area contributed by atoms with E-state index in [1.807, 2.05) is 0 Å². The number of isothiocyanates is 3. The molecule has 69 heavy (non-hydrogen) atoms.